The molecule has 1 heterocycles. The average molecular weight is 282 g/mol. The van der Waals surface area contributed by atoms with Gasteiger partial charge >= 0.3 is 0 Å². The third kappa shape index (κ3) is 5.06. The first-order valence-electron chi connectivity index (χ1n) is 8.40. The van der Waals surface area contributed by atoms with E-state index in [1.165, 1.54) is 25.7 Å². The van der Waals surface area contributed by atoms with Crippen LogP contribution in [0.15, 0.2) is 0 Å². The molecule has 1 saturated carbocycles. The molecule has 4 heteroatoms. The minimum atomic E-state index is 0.291. The van der Waals surface area contributed by atoms with Gasteiger partial charge in [0, 0.05) is 39.2 Å². The molecule has 0 unspecified atom stereocenters. The molecule has 0 spiro atoms. The van der Waals surface area contributed by atoms with Gasteiger partial charge in [0.1, 0.15) is 0 Å². The summed E-state index contributed by atoms with van der Waals surface area (Å²) in [6.45, 7) is 5.14. The van der Waals surface area contributed by atoms with Gasteiger partial charge in [-0.2, -0.15) is 0 Å². The van der Waals surface area contributed by atoms with Crippen LogP contribution >= 0.6 is 0 Å². The van der Waals surface area contributed by atoms with Gasteiger partial charge in [-0.15, -0.1) is 0 Å². The van der Waals surface area contributed by atoms with Crippen molar-refractivity contribution in [2.45, 2.75) is 51.4 Å². The molecule has 1 amide bonds. The monoisotopic (exact) mass is 282 g/mol. The van der Waals surface area contributed by atoms with E-state index in [0.29, 0.717) is 12.5 Å². The van der Waals surface area contributed by atoms with Crippen LogP contribution in [0.4, 0.5) is 0 Å². The number of nitrogens with zero attached hydrogens (tertiary/aromatic N) is 2. The first-order valence-corrected chi connectivity index (χ1v) is 8.40. The number of carbonyl (C=O) groups excluding carboxylic acids is 1. The van der Waals surface area contributed by atoms with Gasteiger partial charge in [0.2, 0.25) is 5.91 Å². The summed E-state index contributed by atoms with van der Waals surface area (Å²) in [5.74, 6) is 1.19. The molecule has 0 bridgehead atoms. The maximum absolute atomic E-state index is 12.2. The molecule has 0 aromatic heterocycles. The summed E-state index contributed by atoms with van der Waals surface area (Å²) in [7, 11) is 0. The number of unbranched alkanes of at least 4 members (excludes halogenated alkanes) is 1. The minimum absolute atomic E-state index is 0.291. The maximum atomic E-state index is 12.2. The summed E-state index contributed by atoms with van der Waals surface area (Å²) in [5.41, 5.74) is 0. The van der Waals surface area contributed by atoms with Crippen molar-refractivity contribution in [3.63, 3.8) is 0 Å². The molecular weight excluding hydrogens is 252 g/mol. The van der Waals surface area contributed by atoms with E-state index in [9.17, 15) is 4.79 Å². The fourth-order valence-corrected chi connectivity index (χ4v) is 3.45. The molecule has 1 saturated heterocycles. The Labute approximate surface area is 123 Å². The number of rotatable bonds is 7. The van der Waals surface area contributed by atoms with E-state index < -0.39 is 0 Å². The van der Waals surface area contributed by atoms with Crippen molar-refractivity contribution in [1.29, 1.82) is 0 Å². The first-order chi connectivity index (χ1) is 9.79. The topological polar surface area (TPSA) is 43.8 Å². The van der Waals surface area contributed by atoms with Crippen LogP contribution in [0.5, 0.6) is 0 Å². The predicted octanol–water partition coefficient (Wildman–Crippen LogP) is 1.87. The Bertz CT molecular complexity index is 282. The van der Waals surface area contributed by atoms with Crippen molar-refractivity contribution >= 4 is 5.91 Å². The Morgan fingerprint density at radius 1 is 1.05 bits per heavy atom. The summed E-state index contributed by atoms with van der Waals surface area (Å²) >= 11 is 0. The molecule has 2 aliphatic rings. The molecule has 1 N–H and O–H groups in total. The van der Waals surface area contributed by atoms with Gasteiger partial charge in [0.25, 0.3) is 0 Å². The second kappa shape index (κ2) is 8.63. The van der Waals surface area contributed by atoms with E-state index in [-0.39, 0.29) is 0 Å². The second-order valence-electron chi connectivity index (χ2n) is 6.34. The maximum Gasteiger partial charge on any atom is 0.222 e. The van der Waals surface area contributed by atoms with Crippen LogP contribution in [-0.4, -0.2) is 60.1 Å². The number of piperazine rings is 1. The van der Waals surface area contributed by atoms with Crippen molar-refractivity contribution in [3.8, 4) is 0 Å². The highest BCUT2D eigenvalue weighted by atomic mass is 16.2. The lowest BCUT2D eigenvalue weighted by atomic mass is 10.0. The van der Waals surface area contributed by atoms with Crippen LogP contribution in [0, 0.1) is 5.92 Å². The highest BCUT2D eigenvalue weighted by Crippen LogP contribution is 2.28. The molecule has 1 aliphatic heterocycles. The van der Waals surface area contributed by atoms with E-state index >= 15 is 0 Å². The van der Waals surface area contributed by atoms with Crippen molar-refractivity contribution in [2.24, 2.45) is 5.92 Å². The van der Waals surface area contributed by atoms with Gasteiger partial charge in [-0.1, -0.05) is 25.7 Å². The Hall–Kier alpha value is -0.610. The Kier molecular flexibility index (Phi) is 6.80. The van der Waals surface area contributed by atoms with E-state index in [4.69, 9.17) is 5.11 Å². The van der Waals surface area contributed by atoms with Crippen molar-refractivity contribution in [3.05, 3.63) is 0 Å². The average Bonchev–Trinajstić information content (AvgIpc) is 2.99. The molecule has 2 rings (SSSR count). The van der Waals surface area contributed by atoms with Gasteiger partial charge in [0.05, 0.1) is 0 Å². The predicted molar refractivity (Wildman–Crippen MR) is 80.5 cm³/mol. The number of aliphatic hydroxyl groups excluding tert-OH is 1. The fourth-order valence-electron chi connectivity index (χ4n) is 3.45. The van der Waals surface area contributed by atoms with Crippen molar-refractivity contribution in [2.75, 3.05) is 39.3 Å². The van der Waals surface area contributed by atoms with E-state index in [1.807, 2.05) is 0 Å². The lowest BCUT2D eigenvalue weighted by Crippen LogP contribution is -2.48. The Balaban J connectivity index is 1.58. The fraction of sp³-hybridized carbons (Fsp3) is 0.938. The summed E-state index contributed by atoms with van der Waals surface area (Å²) in [5, 5.41) is 8.79. The van der Waals surface area contributed by atoms with Gasteiger partial charge in [0.15, 0.2) is 0 Å². The molecule has 0 aromatic rings. The van der Waals surface area contributed by atoms with E-state index in [1.54, 1.807) is 0 Å². The highest BCUT2D eigenvalue weighted by molar-refractivity contribution is 5.76. The number of aliphatic hydroxyl groups is 1. The lowest BCUT2D eigenvalue weighted by Gasteiger charge is -2.35. The number of hydrogen-bond donors (Lipinski definition) is 1. The molecule has 20 heavy (non-hydrogen) atoms. The van der Waals surface area contributed by atoms with Gasteiger partial charge < -0.3 is 10.0 Å². The SMILES string of the molecule is O=C(CCC1CCCC1)N1CCN(CCCCO)CC1. The number of amides is 1. The lowest BCUT2D eigenvalue weighted by molar-refractivity contribution is -0.133. The molecule has 116 valence electrons. The second-order valence-corrected chi connectivity index (χ2v) is 6.34. The molecule has 0 radical (unpaired) electrons. The molecule has 1 aliphatic carbocycles. The third-order valence-electron chi connectivity index (χ3n) is 4.85. The molecule has 0 atom stereocenters. The minimum Gasteiger partial charge on any atom is -0.396 e. The summed E-state index contributed by atoms with van der Waals surface area (Å²) < 4.78 is 0. The van der Waals surface area contributed by atoms with Crippen LogP contribution in [0.1, 0.15) is 51.4 Å². The Morgan fingerprint density at radius 3 is 2.40 bits per heavy atom. The standard InChI is InChI=1S/C16H30N2O2/c19-14-4-3-9-17-10-12-18(13-11-17)16(20)8-7-15-5-1-2-6-15/h15,19H,1-14H2. The first kappa shape index (κ1) is 15.8. The molecular formula is C16H30N2O2. The van der Waals surface area contributed by atoms with E-state index in [2.05, 4.69) is 9.80 Å². The summed E-state index contributed by atoms with van der Waals surface area (Å²) in [4.78, 5) is 16.7. The molecule has 4 nitrogen and oxygen atoms in total. The van der Waals surface area contributed by atoms with Crippen molar-refractivity contribution < 1.29 is 9.90 Å². The summed E-state index contributed by atoms with van der Waals surface area (Å²) in [6, 6.07) is 0. The van der Waals surface area contributed by atoms with Gasteiger partial charge in [-0.3, -0.25) is 9.69 Å². The van der Waals surface area contributed by atoms with Crippen LogP contribution in [0.25, 0.3) is 0 Å². The number of hydrogen-bond acceptors (Lipinski definition) is 3. The normalized spacial score (nSPS) is 21.6. The largest absolute Gasteiger partial charge is 0.396 e. The van der Waals surface area contributed by atoms with Crippen LogP contribution in [-0.2, 0) is 4.79 Å². The smallest absolute Gasteiger partial charge is 0.222 e. The van der Waals surface area contributed by atoms with Crippen LogP contribution < -0.4 is 0 Å². The number of carbonyl (C=O) groups is 1. The quantitative estimate of drug-likeness (QED) is 0.725. The highest BCUT2D eigenvalue weighted by Gasteiger charge is 2.22. The molecule has 0 aromatic carbocycles. The van der Waals surface area contributed by atoms with Crippen molar-refractivity contribution in [1.82, 2.24) is 9.80 Å². The zero-order chi connectivity index (χ0) is 14.2. The third-order valence-corrected chi connectivity index (χ3v) is 4.85. The molecule has 2 fully saturated rings. The zero-order valence-corrected chi connectivity index (χ0v) is 12.7. The summed E-state index contributed by atoms with van der Waals surface area (Å²) in [6.07, 6.45) is 9.23. The van der Waals surface area contributed by atoms with Gasteiger partial charge in [-0.25, -0.2) is 0 Å². The Morgan fingerprint density at radius 2 is 1.75 bits per heavy atom. The van der Waals surface area contributed by atoms with Crippen LogP contribution in [0.2, 0.25) is 0 Å². The zero-order valence-electron chi connectivity index (χ0n) is 12.7. The van der Waals surface area contributed by atoms with Crippen LogP contribution in [0.3, 0.4) is 0 Å². The van der Waals surface area contributed by atoms with Gasteiger partial charge in [-0.05, 0) is 31.7 Å². The van der Waals surface area contributed by atoms with E-state index in [0.717, 1.165) is 64.3 Å².